The number of likely N-dealkylation sites (N-methyl/N-ethyl adjacent to an activating group) is 1. The molecule has 0 radical (unpaired) electrons. The van der Waals surface area contributed by atoms with Crippen LogP contribution in [-0.2, 0) is 19.6 Å². The molecule has 0 aliphatic carbocycles. The van der Waals surface area contributed by atoms with Gasteiger partial charge in [0.05, 0.1) is 37.3 Å². The monoisotopic (exact) mass is 433 g/mol. The maximum Gasteiger partial charge on any atom is 1.00 e. The molecule has 1 aromatic heterocycles. The molecule has 1 rings (SSSR count). The van der Waals surface area contributed by atoms with E-state index in [2.05, 4.69) is 15.3 Å². The van der Waals surface area contributed by atoms with Crippen molar-refractivity contribution in [2.75, 3.05) is 44.3 Å². The molecule has 27 heavy (non-hydrogen) atoms. The molecular formula is C13H21FN5NaO5S2. The quantitative estimate of drug-likeness (QED) is 0.119. The Hall–Kier alpha value is -0.670. The first-order valence-electron chi connectivity index (χ1n) is 7.37. The number of carbonyl (C=O) groups excluding carboxylic acids is 1. The first-order valence-corrected chi connectivity index (χ1v) is 9.82. The van der Waals surface area contributed by atoms with Gasteiger partial charge in [-0.15, -0.1) is 11.3 Å². The Kier molecular flexibility index (Phi) is 11.7. The SMILES string of the molecule is CN(C(=O)[C@](C)(COCCN=C(N)CF)NCS(=O)(=O)[O-])c1cncs1.[Na+]. The Morgan fingerprint density at radius 1 is 1.59 bits per heavy atom. The number of amides is 1. The normalized spacial score (nSPS) is 14.3. The van der Waals surface area contributed by atoms with E-state index >= 15 is 0 Å². The van der Waals surface area contributed by atoms with Gasteiger partial charge in [-0.25, -0.2) is 12.8 Å². The Balaban J connectivity index is 0.00000676. The molecule has 0 aliphatic rings. The van der Waals surface area contributed by atoms with Crippen LogP contribution in [0.5, 0.6) is 0 Å². The number of halogens is 1. The number of hydrogen-bond donors (Lipinski definition) is 2. The summed E-state index contributed by atoms with van der Waals surface area (Å²) in [7, 11) is -3.10. The Bertz CT molecular complexity index is 719. The van der Waals surface area contributed by atoms with Crippen molar-refractivity contribution < 1.29 is 56.4 Å². The van der Waals surface area contributed by atoms with E-state index in [9.17, 15) is 22.2 Å². The first kappa shape index (κ1) is 26.3. The molecule has 0 saturated carbocycles. The maximum atomic E-state index is 12.8. The summed E-state index contributed by atoms with van der Waals surface area (Å²) in [5, 5.41) is 2.97. The summed E-state index contributed by atoms with van der Waals surface area (Å²) >= 11 is 1.22. The third-order valence-corrected chi connectivity index (χ3v) is 4.59. The van der Waals surface area contributed by atoms with Gasteiger partial charge in [0.25, 0.3) is 0 Å². The minimum absolute atomic E-state index is 0. The van der Waals surface area contributed by atoms with Gasteiger partial charge in [-0.1, -0.05) is 0 Å². The summed E-state index contributed by atoms with van der Waals surface area (Å²) in [4.78, 5) is 21.6. The molecule has 1 aromatic rings. The molecule has 1 atom stereocenters. The molecule has 0 aliphatic heterocycles. The van der Waals surface area contributed by atoms with E-state index in [4.69, 9.17) is 10.5 Å². The smallest absolute Gasteiger partial charge is 0.747 e. The van der Waals surface area contributed by atoms with E-state index in [1.54, 1.807) is 0 Å². The summed E-state index contributed by atoms with van der Waals surface area (Å²) in [6.45, 7) is 0.399. The van der Waals surface area contributed by atoms with E-state index in [0.29, 0.717) is 5.00 Å². The molecule has 1 amide bonds. The number of nitrogens with one attached hydrogen (secondary N) is 1. The number of hydrogen-bond acceptors (Lipinski definition) is 9. The van der Waals surface area contributed by atoms with Gasteiger partial charge in [-0.2, -0.15) is 0 Å². The number of ether oxygens (including phenoxy) is 1. The van der Waals surface area contributed by atoms with Crippen molar-refractivity contribution in [3.8, 4) is 0 Å². The molecule has 0 saturated heterocycles. The van der Waals surface area contributed by atoms with E-state index < -0.39 is 34.1 Å². The predicted octanol–water partition coefficient (Wildman–Crippen LogP) is -3.70. The number of anilines is 1. The van der Waals surface area contributed by atoms with Gasteiger partial charge >= 0.3 is 29.6 Å². The van der Waals surface area contributed by atoms with Crippen molar-refractivity contribution in [3.63, 3.8) is 0 Å². The summed E-state index contributed by atoms with van der Waals surface area (Å²) < 4.78 is 50.3. The summed E-state index contributed by atoms with van der Waals surface area (Å²) in [6.07, 6.45) is 1.47. The molecule has 10 nitrogen and oxygen atoms in total. The van der Waals surface area contributed by atoms with Crippen molar-refractivity contribution in [3.05, 3.63) is 11.7 Å². The van der Waals surface area contributed by atoms with Crippen molar-refractivity contribution in [2.45, 2.75) is 12.5 Å². The molecule has 148 valence electrons. The second-order valence-corrected chi connectivity index (χ2v) is 7.74. The van der Waals surface area contributed by atoms with Gasteiger partial charge in [0.1, 0.15) is 33.2 Å². The fourth-order valence-corrected chi connectivity index (χ4v) is 2.94. The number of rotatable bonds is 11. The number of aromatic nitrogens is 1. The molecule has 0 aromatic carbocycles. The number of aliphatic imine (C=N–C) groups is 1. The van der Waals surface area contributed by atoms with Crippen LogP contribution in [0.4, 0.5) is 9.39 Å². The van der Waals surface area contributed by atoms with Crippen LogP contribution in [0.15, 0.2) is 16.7 Å². The van der Waals surface area contributed by atoms with Crippen molar-refractivity contribution in [1.29, 1.82) is 0 Å². The largest absolute Gasteiger partial charge is 1.00 e. The molecule has 0 spiro atoms. The fraction of sp³-hybridized carbons (Fsp3) is 0.615. The van der Waals surface area contributed by atoms with E-state index in [1.165, 1.54) is 41.9 Å². The number of alkyl halides is 1. The van der Waals surface area contributed by atoms with Crippen LogP contribution in [0.3, 0.4) is 0 Å². The van der Waals surface area contributed by atoms with Crippen LogP contribution in [0, 0.1) is 0 Å². The van der Waals surface area contributed by atoms with Crippen molar-refractivity contribution >= 4 is 38.2 Å². The molecule has 14 heteroatoms. The molecule has 0 unspecified atom stereocenters. The number of thiazole rings is 1. The second kappa shape index (κ2) is 12.0. The first-order chi connectivity index (χ1) is 12.1. The average Bonchev–Trinajstić information content (AvgIpc) is 3.12. The molecule has 1 heterocycles. The Morgan fingerprint density at radius 2 is 2.26 bits per heavy atom. The van der Waals surface area contributed by atoms with Crippen molar-refractivity contribution in [2.24, 2.45) is 10.7 Å². The zero-order chi connectivity index (χ0) is 19.8. The van der Waals surface area contributed by atoms with Gasteiger partial charge in [-0.05, 0) is 6.92 Å². The number of nitrogens with two attached hydrogens (primary N) is 1. The topological polar surface area (TPSA) is 150 Å². The van der Waals surface area contributed by atoms with E-state index in [-0.39, 0.29) is 55.2 Å². The Morgan fingerprint density at radius 3 is 2.78 bits per heavy atom. The summed E-state index contributed by atoms with van der Waals surface area (Å²) in [6, 6.07) is 0. The van der Waals surface area contributed by atoms with Crippen LogP contribution >= 0.6 is 11.3 Å². The van der Waals surface area contributed by atoms with E-state index in [0.717, 1.165) is 0 Å². The van der Waals surface area contributed by atoms with Gasteiger partial charge < -0.3 is 19.9 Å². The summed E-state index contributed by atoms with van der Waals surface area (Å²) in [5.41, 5.74) is 5.26. The third kappa shape index (κ3) is 9.38. The van der Waals surface area contributed by atoms with Crippen LogP contribution in [0.25, 0.3) is 0 Å². The number of nitrogens with zero attached hydrogens (tertiary/aromatic N) is 3. The van der Waals surface area contributed by atoms with Crippen molar-refractivity contribution in [1.82, 2.24) is 10.3 Å². The fourth-order valence-electron chi connectivity index (χ4n) is 1.85. The predicted molar refractivity (Wildman–Crippen MR) is 94.9 cm³/mol. The number of amidine groups is 1. The van der Waals surface area contributed by atoms with Gasteiger partial charge in [0.2, 0.25) is 5.91 Å². The minimum Gasteiger partial charge on any atom is -0.747 e. The standard InChI is InChI=1S/C13H22FN5O5S2.Na/c1-13(18-9-26(21,22)23,7-24-4-3-17-10(15)5-14)12(20)19(2)11-6-16-8-25-11;/h6,8,18H,3-5,7,9H2,1-2H3,(H2,15,17)(H,21,22,23);/q;+1/p-1/t13-;/m0./s1. The van der Waals surface area contributed by atoms with Crippen LogP contribution in [-0.4, -0.2) is 74.6 Å². The molecule has 0 bridgehead atoms. The van der Waals surface area contributed by atoms with Gasteiger partial charge in [0, 0.05) is 7.05 Å². The van der Waals surface area contributed by atoms with Crippen LogP contribution in [0.2, 0.25) is 0 Å². The van der Waals surface area contributed by atoms with Gasteiger partial charge in [-0.3, -0.25) is 20.1 Å². The number of carbonyl (C=O) groups is 1. The molecule has 0 fully saturated rings. The Labute approximate surface area is 183 Å². The van der Waals surface area contributed by atoms with Gasteiger partial charge in [0.15, 0.2) is 0 Å². The minimum atomic E-state index is -4.60. The molecule has 3 N–H and O–H groups in total. The van der Waals surface area contributed by atoms with Crippen LogP contribution in [0.1, 0.15) is 6.92 Å². The zero-order valence-corrected chi connectivity index (χ0v) is 19.0. The van der Waals surface area contributed by atoms with E-state index in [1.807, 2.05) is 0 Å². The average molecular weight is 433 g/mol. The zero-order valence-electron chi connectivity index (χ0n) is 15.3. The maximum absolute atomic E-state index is 12.8. The summed E-state index contributed by atoms with van der Waals surface area (Å²) in [5.74, 6) is -1.63. The third-order valence-electron chi connectivity index (χ3n) is 3.24. The second-order valence-electron chi connectivity index (χ2n) is 5.47. The van der Waals surface area contributed by atoms with Crippen LogP contribution < -0.4 is 45.5 Å². The molecular weight excluding hydrogens is 412 g/mol.